The van der Waals surface area contributed by atoms with Crippen molar-refractivity contribution in [1.82, 2.24) is 5.32 Å². The Morgan fingerprint density at radius 2 is 1.74 bits per heavy atom. The predicted molar refractivity (Wildman–Crippen MR) is 76.9 cm³/mol. The van der Waals surface area contributed by atoms with E-state index in [0.717, 1.165) is 13.0 Å². The monoisotopic (exact) mass is 267 g/mol. The van der Waals surface area contributed by atoms with Crippen LogP contribution in [0, 0.1) is 11.8 Å². The van der Waals surface area contributed by atoms with Crippen LogP contribution in [0.2, 0.25) is 0 Å². The van der Waals surface area contributed by atoms with Crippen LogP contribution >= 0.6 is 0 Å². The summed E-state index contributed by atoms with van der Waals surface area (Å²) in [5.74, 6) is 1.50. The lowest BCUT2D eigenvalue weighted by Gasteiger charge is -2.30. The van der Waals surface area contributed by atoms with E-state index in [4.69, 9.17) is 4.74 Å². The van der Waals surface area contributed by atoms with Crippen molar-refractivity contribution in [2.24, 2.45) is 11.8 Å². The number of nitrogens with one attached hydrogen (secondary N) is 1. The lowest BCUT2D eigenvalue weighted by atomic mass is 9.81. The van der Waals surface area contributed by atoms with Crippen molar-refractivity contribution in [3.63, 3.8) is 0 Å². The van der Waals surface area contributed by atoms with Crippen LogP contribution in [0.3, 0.4) is 0 Å². The summed E-state index contributed by atoms with van der Waals surface area (Å²) in [6.45, 7) is 4.80. The zero-order valence-corrected chi connectivity index (χ0v) is 12.5. The van der Waals surface area contributed by atoms with Crippen LogP contribution < -0.4 is 5.32 Å². The number of hydrogen-bond donors (Lipinski definition) is 1. The van der Waals surface area contributed by atoms with Gasteiger partial charge < -0.3 is 10.1 Å². The van der Waals surface area contributed by atoms with Gasteiger partial charge in [-0.25, -0.2) is 0 Å². The summed E-state index contributed by atoms with van der Waals surface area (Å²) < 4.78 is 5.98. The predicted octanol–water partition coefficient (Wildman–Crippen LogP) is 3.28. The van der Waals surface area contributed by atoms with Crippen LogP contribution in [0.5, 0.6) is 0 Å². The van der Waals surface area contributed by atoms with Gasteiger partial charge in [0.2, 0.25) is 5.91 Å². The molecule has 0 saturated heterocycles. The standard InChI is InChI=1S/C16H29NO2/c1-12(2)17-16(18)15(10-13-8-5-9-13)19-11-14-6-3-4-7-14/h12-15H,3-11H2,1-2H3,(H,17,18). The van der Waals surface area contributed by atoms with Gasteiger partial charge in [-0.2, -0.15) is 0 Å². The molecule has 2 aliphatic carbocycles. The van der Waals surface area contributed by atoms with Crippen LogP contribution in [0.1, 0.15) is 65.2 Å². The molecule has 0 aromatic heterocycles. The van der Waals surface area contributed by atoms with Crippen molar-refractivity contribution in [1.29, 1.82) is 0 Å². The van der Waals surface area contributed by atoms with E-state index in [9.17, 15) is 4.79 Å². The maximum absolute atomic E-state index is 12.2. The van der Waals surface area contributed by atoms with Crippen molar-refractivity contribution in [3.8, 4) is 0 Å². The second kappa shape index (κ2) is 7.28. The average molecular weight is 267 g/mol. The Hall–Kier alpha value is -0.570. The highest BCUT2D eigenvalue weighted by Crippen LogP contribution is 2.32. The van der Waals surface area contributed by atoms with Crippen LogP contribution in [-0.4, -0.2) is 24.7 Å². The van der Waals surface area contributed by atoms with Crippen molar-refractivity contribution in [3.05, 3.63) is 0 Å². The molecule has 0 bridgehead atoms. The molecule has 0 heterocycles. The van der Waals surface area contributed by atoms with Gasteiger partial charge in [-0.05, 0) is 44.9 Å². The third kappa shape index (κ3) is 4.79. The van der Waals surface area contributed by atoms with Gasteiger partial charge in [0, 0.05) is 6.04 Å². The van der Waals surface area contributed by atoms with Gasteiger partial charge in [0.15, 0.2) is 0 Å². The summed E-state index contributed by atoms with van der Waals surface area (Å²) in [5, 5.41) is 3.01. The third-order valence-electron chi connectivity index (χ3n) is 4.50. The topological polar surface area (TPSA) is 38.3 Å². The van der Waals surface area contributed by atoms with Gasteiger partial charge in [-0.1, -0.05) is 32.1 Å². The normalized spacial score (nSPS) is 22.5. The highest BCUT2D eigenvalue weighted by atomic mass is 16.5. The van der Waals surface area contributed by atoms with E-state index >= 15 is 0 Å². The number of carbonyl (C=O) groups excluding carboxylic acids is 1. The summed E-state index contributed by atoms with van der Waals surface area (Å²) in [6.07, 6.45) is 9.81. The highest BCUT2D eigenvalue weighted by Gasteiger charge is 2.28. The molecule has 1 N–H and O–H groups in total. The Morgan fingerprint density at radius 1 is 1.11 bits per heavy atom. The van der Waals surface area contributed by atoms with E-state index in [1.165, 1.54) is 44.9 Å². The van der Waals surface area contributed by atoms with Gasteiger partial charge >= 0.3 is 0 Å². The molecule has 2 saturated carbocycles. The van der Waals surface area contributed by atoms with Gasteiger partial charge in [-0.15, -0.1) is 0 Å². The first-order valence-corrected chi connectivity index (χ1v) is 8.07. The number of hydrogen-bond acceptors (Lipinski definition) is 2. The summed E-state index contributed by atoms with van der Waals surface area (Å²) in [5.41, 5.74) is 0. The van der Waals surface area contributed by atoms with Gasteiger partial charge in [0.1, 0.15) is 6.10 Å². The fourth-order valence-corrected chi connectivity index (χ4v) is 3.09. The number of amides is 1. The quantitative estimate of drug-likeness (QED) is 0.769. The fraction of sp³-hybridized carbons (Fsp3) is 0.938. The molecule has 0 radical (unpaired) electrons. The van der Waals surface area contributed by atoms with E-state index in [2.05, 4.69) is 5.32 Å². The van der Waals surface area contributed by atoms with Gasteiger partial charge in [0.05, 0.1) is 6.61 Å². The summed E-state index contributed by atoms with van der Waals surface area (Å²) in [4.78, 5) is 12.2. The third-order valence-corrected chi connectivity index (χ3v) is 4.50. The molecule has 0 aromatic carbocycles. The maximum atomic E-state index is 12.2. The fourth-order valence-electron chi connectivity index (χ4n) is 3.09. The molecule has 2 aliphatic rings. The molecule has 2 fully saturated rings. The average Bonchev–Trinajstić information content (AvgIpc) is 2.78. The van der Waals surface area contributed by atoms with E-state index in [1.807, 2.05) is 13.8 Å². The largest absolute Gasteiger partial charge is 0.368 e. The van der Waals surface area contributed by atoms with Crippen molar-refractivity contribution in [2.45, 2.75) is 77.4 Å². The Labute approximate surface area is 117 Å². The number of carbonyl (C=O) groups is 1. The molecule has 3 heteroatoms. The first-order valence-electron chi connectivity index (χ1n) is 8.07. The lowest BCUT2D eigenvalue weighted by Crippen LogP contribution is -2.42. The van der Waals surface area contributed by atoms with E-state index in [1.54, 1.807) is 0 Å². The molecule has 1 amide bonds. The minimum atomic E-state index is -0.215. The molecule has 19 heavy (non-hydrogen) atoms. The van der Waals surface area contributed by atoms with E-state index in [0.29, 0.717) is 11.8 Å². The molecule has 0 aromatic rings. The summed E-state index contributed by atoms with van der Waals surface area (Å²) >= 11 is 0. The highest BCUT2D eigenvalue weighted by molar-refractivity contribution is 5.81. The van der Waals surface area contributed by atoms with Gasteiger partial charge in [0.25, 0.3) is 0 Å². The molecule has 2 rings (SSSR count). The Morgan fingerprint density at radius 3 is 2.26 bits per heavy atom. The van der Waals surface area contributed by atoms with Crippen LogP contribution in [-0.2, 0) is 9.53 Å². The van der Waals surface area contributed by atoms with Gasteiger partial charge in [-0.3, -0.25) is 4.79 Å². The van der Waals surface area contributed by atoms with E-state index < -0.39 is 0 Å². The molecular weight excluding hydrogens is 238 g/mol. The Balaban J connectivity index is 1.79. The van der Waals surface area contributed by atoms with E-state index in [-0.39, 0.29) is 18.1 Å². The van der Waals surface area contributed by atoms with Crippen molar-refractivity contribution >= 4 is 5.91 Å². The zero-order chi connectivity index (χ0) is 13.7. The van der Waals surface area contributed by atoms with Crippen LogP contribution in [0.15, 0.2) is 0 Å². The first-order chi connectivity index (χ1) is 9.15. The molecule has 3 nitrogen and oxygen atoms in total. The lowest BCUT2D eigenvalue weighted by molar-refractivity contribution is -0.136. The summed E-state index contributed by atoms with van der Waals surface area (Å²) in [6, 6.07) is 0.200. The second-order valence-electron chi connectivity index (χ2n) is 6.67. The molecule has 1 atom stereocenters. The number of ether oxygens (including phenoxy) is 1. The second-order valence-corrected chi connectivity index (χ2v) is 6.67. The molecule has 1 unspecified atom stereocenters. The molecule has 110 valence electrons. The molecular formula is C16H29NO2. The minimum absolute atomic E-state index is 0.0971. The SMILES string of the molecule is CC(C)NC(=O)C(CC1CCC1)OCC1CCCC1. The van der Waals surface area contributed by atoms with Crippen molar-refractivity contribution in [2.75, 3.05) is 6.61 Å². The van der Waals surface area contributed by atoms with Crippen LogP contribution in [0.4, 0.5) is 0 Å². The smallest absolute Gasteiger partial charge is 0.249 e. The number of rotatable bonds is 7. The first kappa shape index (κ1) is 14.8. The zero-order valence-electron chi connectivity index (χ0n) is 12.5. The van der Waals surface area contributed by atoms with Crippen molar-refractivity contribution < 1.29 is 9.53 Å². The Bertz CT molecular complexity index is 280. The summed E-state index contributed by atoms with van der Waals surface area (Å²) in [7, 11) is 0. The molecule has 0 spiro atoms. The maximum Gasteiger partial charge on any atom is 0.249 e. The van der Waals surface area contributed by atoms with Crippen LogP contribution in [0.25, 0.3) is 0 Å². The minimum Gasteiger partial charge on any atom is -0.368 e. The Kier molecular flexibility index (Phi) is 5.68. The molecule has 0 aliphatic heterocycles.